The van der Waals surface area contributed by atoms with Crippen LogP contribution in [0.3, 0.4) is 0 Å². The monoisotopic (exact) mass is 446 g/mol. The fraction of sp³-hybridized carbons (Fsp3) is 0.654. The maximum Gasteiger partial charge on any atom is 0.303 e. The molecule has 6 nitrogen and oxygen atoms in total. The molecule has 1 aliphatic carbocycles. The van der Waals surface area contributed by atoms with Gasteiger partial charge in [0.15, 0.2) is 18.2 Å². The molecule has 0 N–H and O–H groups in total. The molecule has 0 saturated carbocycles. The van der Waals surface area contributed by atoms with Gasteiger partial charge in [0.1, 0.15) is 17.8 Å². The summed E-state index contributed by atoms with van der Waals surface area (Å²) in [7, 11) is 1.59. The third-order valence-electron chi connectivity index (χ3n) is 7.25. The Morgan fingerprint density at radius 1 is 1.22 bits per heavy atom. The van der Waals surface area contributed by atoms with Gasteiger partial charge < -0.3 is 23.7 Å². The van der Waals surface area contributed by atoms with Crippen molar-refractivity contribution in [2.45, 2.75) is 84.0 Å². The third-order valence-corrected chi connectivity index (χ3v) is 7.25. The van der Waals surface area contributed by atoms with Crippen LogP contribution in [0.4, 0.5) is 0 Å². The molecular weight excluding hydrogens is 408 g/mol. The van der Waals surface area contributed by atoms with Gasteiger partial charge in [-0.15, -0.1) is 13.2 Å². The van der Waals surface area contributed by atoms with E-state index in [1.54, 1.807) is 13.2 Å². The van der Waals surface area contributed by atoms with E-state index in [2.05, 4.69) is 39.7 Å². The molecule has 178 valence electrons. The summed E-state index contributed by atoms with van der Waals surface area (Å²) in [5.41, 5.74) is 0.585. The van der Waals surface area contributed by atoms with Gasteiger partial charge in [-0.3, -0.25) is 4.79 Å². The van der Waals surface area contributed by atoms with Gasteiger partial charge in [-0.25, -0.2) is 0 Å². The van der Waals surface area contributed by atoms with E-state index in [0.717, 1.165) is 17.6 Å². The summed E-state index contributed by atoms with van der Waals surface area (Å²) in [6.07, 6.45) is 4.06. The Morgan fingerprint density at radius 3 is 2.38 bits per heavy atom. The van der Waals surface area contributed by atoms with Crippen molar-refractivity contribution in [2.24, 2.45) is 17.3 Å². The summed E-state index contributed by atoms with van der Waals surface area (Å²) in [5, 5.41) is 0. The number of rotatable bonds is 7. The fourth-order valence-electron chi connectivity index (χ4n) is 5.35. The Balaban J connectivity index is 2.13. The highest BCUT2D eigenvalue weighted by molar-refractivity contribution is 5.66. The number of allylic oxidation sites excluding steroid dienone is 3. The van der Waals surface area contributed by atoms with Crippen LogP contribution in [-0.4, -0.2) is 49.1 Å². The van der Waals surface area contributed by atoms with Gasteiger partial charge in [0.25, 0.3) is 0 Å². The van der Waals surface area contributed by atoms with E-state index in [4.69, 9.17) is 23.7 Å². The predicted molar refractivity (Wildman–Crippen MR) is 123 cm³/mol. The SMILES string of the molecule is C=C[C@H]1C[C@H](C(=C)C)C=C(C(OC(C)=O)[C@H]2O[C@@H]3OC(C)(C)O[C@@H]3[C@]2(C=C)OC)C1(C)C. The lowest BCUT2D eigenvalue weighted by molar-refractivity contribution is -0.239. The quantitative estimate of drug-likeness (QED) is 0.417. The summed E-state index contributed by atoms with van der Waals surface area (Å²) < 4.78 is 30.5. The summed E-state index contributed by atoms with van der Waals surface area (Å²) in [6, 6.07) is 0. The molecule has 32 heavy (non-hydrogen) atoms. The zero-order chi connectivity index (χ0) is 24.1. The van der Waals surface area contributed by atoms with Crippen molar-refractivity contribution >= 4 is 5.97 Å². The number of esters is 1. The summed E-state index contributed by atoms with van der Waals surface area (Å²) >= 11 is 0. The Morgan fingerprint density at radius 2 is 1.88 bits per heavy atom. The Labute approximate surface area is 192 Å². The van der Waals surface area contributed by atoms with Crippen LogP contribution in [-0.2, 0) is 28.5 Å². The molecule has 7 atom stereocenters. The van der Waals surface area contributed by atoms with Gasteiger partial charge in [0.2, 0.25) is 0 Å². The number of hydrogen-bond donors (Lipinski definition) is 0. The minimum Gasteiger partial charge on any atom is -0.455 e. The maximum atomic E-state index is 12.3. The highest BCUT2D eigenvalue weighted by atomic mass is 16.8. The second kappa shape index (κ2) is 8.56. The number of ether oxygens (including phenoxy) is 5. The van der Waals surface area contributed by atoms with Gasteiger partial charge in [0, 0.05) is 14.0 Å². The average molecular weight is 447 g/mol. The first-order chi connectivity index (χ1) is 14.8. The summed E-state index contributed by atoms with van der Waals surface area (Å²) in [5.74, 6) is -0.939. The molecule has 3 aliphatic rings. The number of fused-ring (bicyclic) bond motifs is 1. The smallest absolute Gasteiger partial charge is 0.303 e. The van der Waals surface area contributed by atoms with Gasteiger partial charge in [-0.2, -0.15) is 0 Å². The van der Waals surface area contributed by atoms with E-state index in [1.807, 2.05) is 26.8 Å². The van der Waals surface area contributed by atoms with Crippen LogP contribution in [0.1, 0.15) is 48.0 Å². The first kappa shape index (κ1) is 24.9. The van der Waals surface area contributed by atoms with Gasteiger partial charge in [0.05, 0.1) is 0 Å². The van der Waals surface area contributed by atoms with Crippen molar-refractivity contribution in [1.82, 2.24) is 0 Å². The molecule has 0 aromatic heterocycles. The van der Waals surface area contributed by atoms with Gasteiger partial charge in [-0.1, -0.05) is 44.2 Å². The molecule has 3 rings (SSSR count). The minimum atomic E-state index is -1.07. The fourth-order valence-corrected chi connectivity index (χ4v) is 5.35. The van der Waals surface area contributed by atoms with Crippen LogP contribution in [0.5, 0.6) is 0 Å². The predicted octanol–water partition coefficient (Wildman–Crippen LogP) is 4.72. The van der Waals surface area contributed by atoms with Crippen molar-refractivity contribution in [3.8, 4) is 0 Å². The van der Waals surface area contributed by atoms with Crippen molar-refractivity contribution in [2.75, 3.05) is 7.11 Å². The first-order valence-electron chi connectivity index (χ1n) is 11.2. The van der Waals surface area contributed by atoms with Crippen molar-refractivity contribution in [1.29, 1.82) is 0 Å². The third kappa shape index (κ3) is 4.03. The number of methoxy groups -OCH3 is 1. The van der Waals surface area contributed by atoms with E-state index >= 15 is 0 Å². The van der Waals surface area contributed by atoms with Crippen molar-refractivity contribution in [3.63, 3.8) is 0 Å². The van der Waals surface area contributed by atoms with E-state index < -0.39 is 42.0 Å². The number of carbonyl (C=O) groups excluding carboxylic acids is 1. The zero-order valence-electron chi connectivity index (χ0n) is 20.5. The van der Waals surface area contributed by atoms with Gasteiger partial charge in [-0.05, 0) is 50.0 Å². The lowest BCUT2D eigenvalue weighted by Gasteiger charge is -2.47. The van der Waals surface area contributed by atoms with E-state index in [0.29, 0.717) is 0 Å². The molecule has 2 heterocycles. The zero-order valence-corrected chi connectivity index (χ0v) is 20.5. The van der Waals surface area contributed by atoms with Crippen LogP contribution >= 0.6 is 0 Å². The van der Waals surface area contributed by atoms with Crippen LogP contribution < -0.4 is 0 Å². The molecule has 0 bridgehead atoms. The van der Waals surface area contributed by atoms with Crippen LogP contribution in [0.2, 0.25) is 0 Å². The molecule has 0 spiro atoms. The molecule has 1 unspecified atom stereocenters. The van der Waals surface area contributed by atoms with Crippen LogP contribution in [0.15, 0.2) is 49.1 Å². The summed E-state index contributed by atoms with van der Waals surface area (Å²) in [6.45, 7) is 23.6. The molecule has 2 aliphatic heterocycles. The molecular formula is C26H38O6. The normalized spacial score (nSPS) is 38.3. The molecule has 0 aromatic carbocycles. The number of hydrogen-bond acceptors (Lipinski definition) is 6. The van der Waals surface area contributed by atoms with Crippen molar-refractivity contribution < 1.29 is 28.5 Å². The molecule has 6 heteroatoms. The molecule has 2 fully saturated rings. The Kier molecular flexibility index (Phi) is 6.66. The largest absolute Gasteiger partial charge is 0.455 e. The maximum absolute atomic E-state index is 12.3. The molecule has 0 amide bonds. The standard InChI is InChI=1S/C26H38O6/c1-11-18-13-17(15(3)4)14-19(24(18,6)7)20(29-16(5)27)21-26(12-2,28-10)22-23(30-21)32-25(8,9)31-22/h11-12,14,17-18,20-23H,1-3,13H2,4-10H3/t17-,18-,20?,21+,22-,23+,26+/m0/s1. The lowest BCUT2D eigenvalue weighted by Crippen LogP contribution is -2.56. The lowest BCUT2D eigenvalue weighted by atomic mass is 9.61. The topological polar surface area (TPSA) is 63.2 Å². The second-order valence-electron chi connectivity index (χ2n) is 10.1. The van der Waals surface area contributed by atoms with Crippen LogP contribution in [0, 0.1) is 17.3 Å². The van der Waals surface area contributed by atoms with Gasteiger partial charge >= 0.3 is 5.97 Å². The molecule has 0 aromatic rings. The highest BCUT2D eigenvalue weighted by Gasteiger charge is 2.66. The van der Waals surface area contributed by atoms with E-state index in [9.17, 15) is 4.79 Å². The highest BCUT2D eigenvalue weighted by Crippen LogP contribution is 2.53. The first-order valence-corrected chi connectivity index (χ1v) is 11.2. The van der Waals surface area contributed by atoms with Crippen LogP contribution in [0.25, 0.3) is 0 Å². The summed E-state index contributed by atoms with van der Waals surface area (Å²) in [4.78, 5) is 12.3. The van der Waals surface area contributed by atoms with Crippen molar-refractivity contribution in [3.05, 3.63) is 49.1 Å². The second-order valence-corrected chi connectivity index (χ2v) is 10.1. The molecule has 2 saturated heterocycles. The minimum absolute atomic E-state index is 0.132. The Hall–Kier alpha value is -1.73. The van der Waals surface area contributed by atoms with E-state index in [1.165, 1.54) is 6.92 Å². The van der Waals surface area contributed by atoms with E-state index in [-0.39, 0.29) is 17.3 Å². The molecule has 0 radical (unpaired) electrons. The average Bonchev–Trinajstić information content (AvgIpc) is 3.15. The number of carbonyl (C=O) groups is 1. The Bertz CT molecular complexity index is 824.